The summed E-state index contributed by atoms with van der Waals surface area (Å²) in [6, 6.07) is 9.79. The summed E-state index contributed by atoms with van der Waals surface area (Å²) in [5, 5.41) is 6.32. The second-order valence-electron chi connectivity index (χ2n) is 7.35. The normalized spacial score (nSPS) is 34.7. The fourth-order valence-electron chi connectivity index (χ4n) is 4.91. The Balaban J connectivity index is 1.78. The maximum atomic E-state index is 12.5. The Bertz CT molecular complexity index is 673. The van der Waals surface area contributed by atoms with E-state index in [-0.39, 0.29) is 29.0 Å². The minimum atomic E-state index is -0.332. The molecule has 2 saturated carbocycles. The topological polar surface area (TPSA) is 41.9 Å². The van der Waals surface area contributed by atoms with E-state index in [4.69, 9.17) is 21.4 Å². The van der Waals surface area contributed by atoms with E-state index in [1.165, 1.54) is 0 Å². The average molecular weight is 333 g/mol. The summed E-state index contributed by atoms with van der Waals surface area (Å²) in [6.07, 6.45) is 2.66. The lowest BCUT2D eigenvalue weighted by Gasteiger charge is -2.39. The van der Waals surface area contributed by atoms with Gasteiger partial charge in [0, 0.05) is 0 Å². The summed E-state index contributed by atoms with van der Waals surface area (Å²) in [4.78, 5) is 12.5. The fraction of sp³-hybridized carbons (Fsp3) is 0.556. The van der Waals surface area contributed by atoms with Crippen molar-refractivity contribution >= 4 is 23.4 Å². The van der Waals surface area contributed by atoms with Crippen LogP contribution in [-0.4, -0.2) is 34.3 Å². The summed E-state index contributed by atoms with van der Waals surface area (Å²) >= 11 is 6.13. The van der Waals surface area contributed by atoms with Gasteiger partial charge in [-0.15, -0.1) is 11.6 Å². The van der Waals surface area contributed by atoms with Crippen LogP contribution >= 0.6 is 11.6 Å². The molecule has 4 nitrogen and oxygen atoms in total. The van der Waals surface area contributed by atoms with Crippen LogP contribution < -0.4 is 0 Å². The third kappa shape index (κ3) is 1.84. The first-order valence-electron chi connectivity index (χ1n) is 8.20. The second-order valence-corrected chi connectivity index (χ2v) is 7.62. The van der Waals surface area contributed by atoms with Gasteiger partial charge in [-0.2, -0.15) is 10.1 Å². The van der Waals surface area contributed by atoms with E-state index in [1.807, 2.05) is 30.3 Å². The van der Waals surface area contributed by atoms with Crippen LogP contribution in [0.3, 0.4) is 0 Å². The van der Waals surface area contributed by atoms with Crippen LogP contribution in [0.1, 0.15) is 38.7 Å². The number of nitrogens with zero attached hydrogens (tertiary/aromatic N) is 2. The zero-order valence-electron chi connectivity index (χ0n) is 13.5. The maximum Gasteiger partial charge on any atom is 0.431 e. The van der Waals surface area contributed by atoms with E-state index < -0.39 is 0 Å². The van der Waals surface area contributed by atoms with Gasteiger partial charge in [-0.25, -0.2) is 4.79 Å². The number of alkyl halides is 1. The summed E-state index contributed by atoms with van der Waals surface area (Å²) in [7, 11) is 0. The van der Waals surface area contributed by atoms with Crippen LogP contribution in [0.4, 0.5) is 4.79 Å². The maximum absolute atomic E-state index is 12.5. The summed E-state index contributed by atoms with van der Waals surface area (Å²) in [5.74, 6) is 0.854. The van der Waals surface area contributed by atoms with Crippen molar-refractivity contribution in [1.82, 2.24) is 5.01 Å². The Morgan fingerprint density at radius 3 is 2.78 bits per heavy atom. The lowest BCUT2D eigenvalue weighted by Crippen LogP contribution is -2.53. The number of carbonyl (C=O) groups is 1. The van der Waals surface area contributed by atoms with E-state index in [0.29, 0.717) is 11.6 Å². The quantitative estimate of drug-likeness (QED) is 0.619. The van der Waals surface area contributed by atoms with E-state index >= 15 is 0 Å². The molecule has 3 atom stereocenters. The molecule has 1 aromatic rings. The van der Waals surface area contributed by atoms with Crippen molar-refractivity contribution in [2.45, 2.75) is 44.8 Å². The van der Waals surface area contributed by atoms with E-state index in [2.05, 4.69) is 13.8 Å². The zero-order chi connectivity index (χ0) is 16.2. The van der Waals surface area contributed by atoms with Crippen molar-refractivity contribution < 1.29 is 9.53 Å². The molecule has 4 rings (SSSR count). The minimum absolute atomic E-state index is 0.0153. The molecular formula is C18H21ClN2O2. The molecular weight excluding hydrogens is 312 g/mol. The summed E-state index contributed by atoms with van der Waals surface area (Å²) in [6.45, 7) is 4.50. The molecule has 0 aromatic heterocycles. The number of rotatable bonds is 3. The first-order chi connectivity index (χ1) is 11.0. The smallest absolute Gasteiger partial charge is 0.431 e. The van der Waals surface area contributed by atoms with Crippen molar-refractivity contribution in [2.24, 2.45) is 16.4 Å². The predicted octanol–water partition coefficient (Wildman–Crippen LogP) is 4.03. The Morgan fingerprint density at radius 2 is 2.13 bits per heavy atom. The van der Waals surface area contributed by atoms with Crippen molar-refractivity contribution in [3.63, 3.8) is 0 Å². The number of hydrogen-bond donors (Lipinski definition) is 0. The molecule has 2 aliphatic carbocycles. The molecule has 0 radical (unpaired) electrons. The highest BCUT2D eigenvalue weighted by atomic mass is 35.5. The molecule has 3 fully saturated rings. The Morgan fingerprint density at radius 1 is 1.39 bits per heavy atom. The first-order valence-corrected chi connectivity index (χ1v) is 8.74. The van der Waals surface area contributed by atoms with Crippen LogP contribution in [-0.2, 0) is 4.74 Å². The molecule has 23 heavy (non-hydrogen) atoms. The molecule has 0 N–H and O–H groups in total. The van der Waals surface area contributed by atoms with Crippen LogP contribution in [0.2, 0.25) is 0 Å². The predicted molar refractivity (Wildman–Crippen MR) is 89.7 cm³/mol. The van der Waals surface area contributed by atoms with Crippen LogP contribution in [0, 0.1) is 11.3 Å². The highest BCUT2D eigenvalue weighted by molar-refractivity contribution is 6.31. The van der Waals surface area contributed by atoms with Crippen LogP contribution in [0.15, 0.2) is 35.4 Å². The fourth-order valence-corrected chi connectivity index (χ4v) is 5.12. The standard InChI is InChI=1S/C18H21ClN2O2/c1-17(2)13-8-9-18(17)15(10-13)23-16(22)21(18)20-14(11-19)12-6-4-3-5-7-12/h3-7,13,15H,8-11H2,1-2H3/b20-14+/t13-,15-,18+/m1/s1. The van der Waals surface area contributed by atoms with Gasteiger partial charge in [-0.3, -0.25) is 0 Å². The Hall–Kier alpha value is -1.55. The number of fused-ring (bicyclic) bond motifs is 1. The number of halogens is 1. The number of carbonyl (C=O) groups excluding carboxylic acids is 1. The first kappa shape index (κ1) is 15.0. The molecule has 1 heterocycles. The molecule has 1 saturated heterocycles. The van der Waals surface area contributed by atoms with Gasteiger partial charge in [-0.1, -0.05) is 44.2 Å². The molecule has 1 aliphatic heterocycles. The molecule has 1 amide bonds. The average Bonchev–Trinajstić information content (AvgIpc) is 3.06. The SMILES string of the molecule is CC1(C)[C@@H]2CC[C@]13[C@@H](C2)OC(=O)N3/N=C(\CCl)c1ccccc1. The lowest BCUT2D eigenvalue weighted by atomic mass is 9.75. The molecule has 1 spiro atoms. The molecule has 0 unspecified atom stereocenters. The Labute approximate surface area is 141 Å². The monoisotopic (exact) mass is 332 g/mol. The van der Waals surface area contributed by atoms with Crippen LogP contribution in [0.5, 0.6) is 0 Å². The van der Waals surface area contributed by atoms with Crippen molar-refractivity contribution in [1.29, 1.82) is 0 Å². The van der Waals surface area contributed by atoms with Gasteiger partial charge < -0.3 is 4.74 Å². The van der Waals surface area contributed by atoms with Gasteiger partial charge >= 0.3 is 6.09 Å². The third-order valence-electron chi connectivity index (χ3n) is 6.29. The summed E-state index contributed by atoms with van der Waals surface area (Å²) in [5.41, 5.74) is 1.35. The molecule has 5 heteroatoms. The van der Waals surface area contributed by atoms with Gasteiger partial charge in [-0.05, 0) is 36.2 Å². The number of hydrazone groups is 1. The minimum Gasteiger partial charge on any atom is -0.442 e. The van der Waals surface area contributed by atoms with Gasteiger partial charge in [0.25, 0.3) is 0 Å². The van der Waals surface area contributed by atoms with Gasteiger partial charge in [0.1, 0.15) is 11.6 Å². The number of hydrogen-bond acceptors (Lipinski definition) is 3. The van der Waals surface area contributed by atoms with Gasteiger partial charge in [0.05, 0.1) is 11.6 Å². The highest BCUT2D eigenvalue weighted by Gasteiger charge is 2.73. The van der Waals surface area contributed by atoms with Gasteiger partial charge in [0.15, 0.2) is 0 Å². The molecule has 1 aromatic carbocycles. The lowest BCUT2D eigenvalue weighted by molar-refractivity contribution is 0.0571. The van der Waals surface area contributed by atoms with Gasteiger partial charge in [0.2, 0.25) is 0 Å². The van der Waals surface area contributed by atoms with E-state index in [0.717, 1.165) is 24.8 Å². The van der Waals surface area contributed by atoms with E-state index in [1.54, 1.807) is 5.01 Å². The molecule has 2 bridgehead atoms. The second kappa shape index (κ2) is 4.97. The summed E-state index contributed by atoms with van der Waals surface area (Å²) < 4.78 is 5.68. The zero-order valence-corrected chi connectivity index (χ0v) is 14.2. The Kier molecular flexibility index (Phi) is 3.24. The molecule has 122 valence electrons. The number of ether oxygens (including phenoxy) is 1. The number of amides is 1. The van der Waals surface area contributed by atoms with Crippen molar-refractivity contribution in [2.75, 3.05) is 5.88 Å². The van der Waals surface area contributed by atoms with Crippen molar-refractivity contribution in [3.8, 4) is 0 Å². The van der Waals surface area contributed by atoms with Crippen LogP contribution in [0.25, 0.3) is 0 Å². The van der Waals surface area contributed by atoms with Crippen molar-refractivity contribution in [3.05, 3.63) is 35.9 Å². The third-order valence-corrected chi connectivity index (χ3v) is 6.54. The largest absolute Gasteiger partial charge is 0.442 e. The molecule has 3 aliphatic rings. The van der Waals surface area contributed by atoms with E-state index in [9.17, 15) is 4.79 Å². The number of benzene rings is 1. The highest BCUT2D eigenvalue weighted by Crippen LogP contribution is 2.65.